The van der Waals surface area contributed by atoms with Crippen molar-refractivity contribution in [2.24, 2.45) is 0 Å². The van der Waals surface area contributed by atoms with Gasteiger partial charge in [0, 0.05) is 18.1 Å². The summed E-state index contributed by atoms with van der Waals surface area (Å²) in [6.45, 7) is 0. The Kier molecular flexibility index (Phi) is 3.34. The Morgan fingerprint density at radius 2 is 1.78 bits per heavy atom. The minimum atomic E-state index is -0.814. The first kappa shape index (κ1) is 13.0. The standard InChI is InChI=1S/C13H17FO4/c1-16-9-6-10(17-2)12(18-3)8(11(9)14)7-13(15)4-5-13/h6,15H,4-5,7H2,1-3H3. The molecule has 1 aliphatic carbocycles. The SMILES string of the molecule is COc1cc(OC)c(OC)c(CC2(O)CC2)c1F. The highest BCUT2D eigenvalue weighted by Gasteiger charge is 2.42. The predicted octanol–water partition coefficient (Wildman–Crippen LogP) is 1.92. The van der Waals surface area contributed by atoms with Gasteiger partial charge >= 0.3 is 0 Å². The second kappa shape index (κ2) is 4.65. The molecule has 0 spiro atoms. The van der Waals surface area contributed by atoms with Crippen LogP contribution in [0.15, 0.2) is 6.07 Å². The van der Waals surface area contributed by atoms with Gasteiger partial charge in [0.1, 0.15) is 0 Å². The fourth-order valence-electron chi connectivity index (χ4n) is 1.98. The lowest BCUT2D eigenvalue weighted by molar-refractivity contribution is 0.148. The van der Waals surface area contributed by atoms with Gasteiger partial charge in [-0.3, -0.25) is 0 Å². The number of ether oxygens (including phenoxy) is 3. The van der Waals surface area contributed by atoms with Crippen LogP contribution in [0.1, 0.15) is 18.4 Å². The van der Waals surface area contributed by atoms with Crippen LogP contribution in [0.25, 0.3) is 0 Å². The van der Waals surface area contributed by atoms with Crippen molar-refractivity contribution in [3.8, 4) is 17.2 Å². The molecule has 1 fully saturated rings. The van der Waals surface area contributed by atoms with Gasteiger partial charge in [0.25, 0.3) is 0 Å². The molecule has 1 aliphatic rings. The van der Waals surface area contributed by atoms with Crippen molar-refractivity contribution in [3.05, 3.63) is 17.4 Å². The van der Waals surface area contributed by atoms with Gasteiger partial charge in [-0.1, -0.05) is 0 Å². The Balaban J connectivity index is 2.51. The topological polar surface area (TPSA) is 47.9 Å². The summed E-state index contributed by atoms with van der Waals surface area (Å²) >= 11 is 0. The molecule has 1 saturated carbocycles. The first-order chi connectivity index (χ1) is 8.54. The lowest BCUT2D eigenvalue weighted by Gasteiger charge is -2.17. The van der Waals surface area contributed by atoms with Gasteiger partial charge in [-0.05, 0) is 12.8 Å². The van der Waals surface area contributed by atoms with Gasteiger partial charge in [-0.2, -0.15) is 0 Å². The summed E-state index contributed by atoms with van der Waals surface area (Å²) in [4.78, 5) is 0. The van der Waals surface area contributed by atoms with Gasteiger partial charge in [-0.25, -0.2) is 4.39 Å². The van der Waals surface area contributed by atoms with Gasteiger partial charge in [0.2, 0.25) is 0 Å². The van der Waals surface area contributed by atoms with E-state index in [-0.39, 0.29) is 12.2 Å². The molecule has 1 aromatic rings. The van der Waals surface area contributed by atoms with Gasteiger partial charge in [0.15, 0.2) is 23.1 Å². The zero-order valence-corrected chi connectivity index (χ0v) is 10.7. The van der Waals surface area contributed by atoms with Gasteiger partial charge in [-0.15, -0.1) is 0 Å². The second-order valence-electron chi connectivity index (χ2n) is 4.51. The molecule has 0 heterocycles. The summed E-state index contributed by atoms with van der Waals surface area (Å²) in [6, 6.07) is 1.44. The zero-order chi connectivity index (χ0) is 13.3. The third-order valence-electron chi connectivity index (χ3n) is 3.22. The Hall–Kier alpha value is -1.49. The summed E-state index contributed by atoms with van der Waals surface area (Å²) < 4.78 is 29.5. The highest BCUT2D eigenvalue weighted by Crippen LogP contribution is 2.45. The Labute approximate surface area is 105 Å². The third kappa shape index (κ3) is 2.22. The molecule has 0 atom stereocenters. The van der Waals surface area contributed by atoms with E-state index in [1.165, 1.54) is 27.4 Å². The molecule has 0 aliphatic heterocycles. The van der Waals surface area contributed by atoms with E-state index < -0.39 is 11.4 Å². The van der Waals surface area contributed by atoms with Crippen LogP contribution in [0, 0.1) is 5.82 Å². The Morgan fingerprint density at radius 1 is 1.17 bits per heavy atom. The Bertz CT molecular complexity index is 455. The number of aliphatic hydroxyl groups is 1. The average Bonchev–Trinajstić information content (AvgIpc) is 3.09. The van der Waals surface area contributed by atoms with E-state index in [0.717, 1.165) is 0 Å². The lowest BCUT2D eigenvalue weighted by Crippen LogP contribution is -2.14. The number of rotatable bonds is 5. The molecule has 0 unspecified atom stereocenters. The summed E-state index contributed by atoms with van der Waals surface area (Å²) in [7, 11) is 4.31. The van der Waals surface area contributed by atoms with Gasteiger partial charge in [0.05, 0.1) is 26.9 Å². The third-order valence-corrected chi connectivity index (χ3v) is 3.22. The van der Waals surface area contributed by atoms with Crippen LogP contribution in [0.2, 0.25) is 0 Å². The molecule has 0 amide bonds. The molecule has 4 nitrogen and oxygen atoms in total. The number of hydrogen-bond acceptors (Lipinski definition) is 4. The van der Waals surface area contributed by atoms with Gasteiger partial charge < -0.3 is 19.3 Å². The molecule has 0 bridgehead atoms. The molecule has 18 heavy (non-hydrogen) atoms. The van der Waals surface area contributed by atoms with Crippen molar-refractivity contribution in [1.82, 2.24) is 0 Å². The largest absolute Gasteiger partial charge is 0.494 e. The lowest BCUT2D eigenvalue weighted by atomic mass is 10.0. The van der Waals surface area contributed by atoms with E-state index in [1.54, 1.807) is 0 Å². The van der Waals surface area contributed by atoms with Crippen LogP contribution in [0.3, 0.4) is 0 Å². The highest BCUT2D eigenvalue weighted by atomic mass is 19.1. The molecule has 1 aromatic carbocycles. The Morgan fingerprint density at radius 3 is 2.22 bits per heavy atom. The van der Waals surface area contributed by atoms with Crippen LogP contribution < -0.4 is 14.2 Å². The highest BCUT2D eigenvalue weighted by molar-refractivity contribution is 5.53. The smallest absolute Gasteiger partial charge is 0.172 e. The van der Waals surface area contributed by atoms with Crippen LogP contribution >= 0.6 is 0 Å². The molecule has 0 radical (unpaired) electrons. The summed E-state index contributed by atoms with van der Waals surface area (Å²) in [5.74, 6) is 0.300. The predicted molar refractivity (Wildman–Crippen MR) is 63.9 cm³/mol. The number of hydrogen-bond donors (Lipinski definition) is 1. The van der Waals surface area contributed by atoms with E-state index in [1.807, 2.05) is 0 Å². The maximum Gasteiger partial charge on any atom is 0.172 e. The van der Waals surface area contributed by atoms with Crippen LogP contribution in [0.4, 0.5) is 4.39 Å². The maximum atomic E-state index is 14.2. The molecular weight excluding hydrogens is 239 g/mol. The number of benzene rings is 1. The van der Waals surface area contributed by atoms with E-state index in [2.05, 4.69) is 0 Å². The fourth-order valence-corrected chi connectivity index (χ4v) is 1.98. The van der Waals surface area contributed by atoms with E-state index >= 15 is 0 Å². The average molecular weight is 256 g/mol. The molecule has 0 saturated heterocycles. The van der Waals surface area contributed by atoms with Crippen LogP contribution in [0.5, 0.6) is 17.2 Å². The second-order valence-corrected chi connectivity index (χ2v) is 4.51. The van der Waals surface area contributed by atoms with Crippen molar-refractivity contribution >= 4 is 0 Å². The van der Waals surface area contributed by atoms with Crippen molar-refractivity contribution in [2.75, 3.05) is 21.3 Å². The minimum absolute atomic E-state index is 0.0897. The minimum Gasteiger partial charge on any atom is -0.494 e. The van der Waals surface area contributed by atoms with E-state index in [9.17, 15) is 9.50 Å². The normalized spacial score (nSPS) is 16.3. The van der Waals surface area contributed by atoms with Crippen LogP contribution in [-0.2, 0) is 6.42 Å². The van der Waals surface area contributed by atoms with E-state index in [4.69, 9.17) is 14.2 Å². The number of halogens is 1. The molecule has 100 valence electrons. The van der Waals surface area contributed by atoms with Crippen molar-refractivity contribution in [3.63, 3.8) is 0 Å². The first-order valence-corrected chi connectivity index (χ1v) is 5.74. The summed E-state index contributed by atoms with van der Waals surface area (Å²) in [5, 5.41) is 9.95. The quantitative estimate of drug-likeness (QED) is 0.874. The maximum absolute atomic E-state index is 14.2. The molecular formula is C13H17FO4. The summed E-state index contributed by atoms with van der Waals surface area (Å²) in [5.41, 5.74) is -0.514. The molecule has 2 rings (SSSR count). The van der Waals surface area contributed by atoms with E-state index in [0.29, 0.717) is 29.9 Å². The first-order valence-electron chi connectivity index (χ1n) is 5.74. The van der Waals surface area contributed by atoms with Crippen LogP contribution in [-0.4, -0.2) is 32.0 Å². The zero-order valence-electron chi connectivity index (χ0n) is 10.7. The molecule has 5 heteroatoms. The fraction of sp³-hybridized carbons (Fsp3) is 0.538. The van der Waals surface area contributed by atoms with Crippen molar-refractivity contribution in [2.45, 2.75) is 24.9 Å². The van der Waals surface area contributed by atoms with Crippen molar-refractivity contribution in [1.29, 1.82) is 0 Å². The molecule has 0 aromatic heterocycles. The molecule has 1 N–H and O–H groups in total. The number of methoxy groups -OCH3 is 3. The van der Waals surface area contributed by atoms with Crippen molar-refractivity contribution < 1.29 is 23.7 Å². The summed E-state index contributed by atoms with van der Waals surface area (Å²) in [6.07, 6.45) is 1.56. The monoisotopic (exact) mass is 256 g/mol.